The molecular formula is C13H10O2S. The normalized spacial score (nSPS) is 9.75. The summed E-state index contributed by atoms with van der Waals surface area (Å²) >= 11 is 0. The molecule has 0 bridgehead atoms. The highest BCUT2D eigenvalue weighted by Crippen LogP contribution is 2.21. The summed E-state index contributed by atoms with van der Waals surface area (Å²) < 4.78 is 21.4. The van der Waals surface area contributed by atoms with E-state index in [1.54, 1.807) is 6.07 Å². The topological polar surface area (TPSA) is 34.1 Å². The molecule has 0 saturated carbocycles. The van der Waals surface area contributed by atoms with Crippen LogP contribution in [-0.2, 0) is 10.3 Å². The predicted molar refractivity (Wildman–Crippen MR) is 66.0 cm³/mol. The van der Waals surface area contributed by atoms with E-state index in [4.69, 9.17) is 0 Å². The van der Waals surface area contributed by atoms with Gasteiger partial charge in [0, 0.05) is 0 Å². The number of benzene rings is 2. The molecule has 0 N–H and O–H groups in total. The third kappa shape index (κ3) is 2.38. The van der Waals surface area contributed by atoms with Crippen LogP contribution in [0.4, 0.5) is 0 Å². The smallest absolute Gasteiger partial charge is 0.185 e. The lowest BCUT2D eigenvalue weighted by atomic mass is 10.0. The molecular weight excluding hydrogens is 220 g/mol. The Bertz CT molecular complexity index is 605. The summed E-state index contributed by atoms with van der Waals surface area (Å²) in [5.41, 5.74) is 2.65. The number of hydrogen-bond donors (Lipinski definition) is 0. The Morgan fingerprint density at radius 3 is 2.12 bits per heavy atom. The summed E-state index contributed by atoms with van der Waals surface area (Å²) in [5, 5.41) is 1.22. The highest BCUT2D eigenvalue weighted by atomic mass is 32.2. The van der Waals surface area contributed by atoms with Gasteiger partial charge < -0.3 is 0 Å². The second-order valence-corrected chi connectivity index (χ2v) is 4.09. The van der Waals surface area contributed by atoms with E-state index in [2.05, 4.69) is 0 Å². The van der Waals surface area contributed by atoms with E-state index in [0.717, 1.165) is 11.1 Å². The van der Waals surface area contributed by atoms with Crippen LogP contribution in [0.15, 0.2) is 54.6 Å². The largest absolute Gasteiger partial charge is 0.214 e. The van der Waals surface area contributed by atoms with E-state index >= 15 is 0 Å². The maximum Gasteiger partial charge on any atom is 0.214 e. The van der Waals surface area contributed by atoms with E-state index in [1.807, 2.05) is 48.5 Å². The van der Waals surface area contributed by atoms with Crippen molar-refractivity contribution < 1.29 is 8.42 Å². The van der Waals surface area contributed by atoms with Crippen LogP contribution in [0.5, 0.6) is 0 Å². The number of hydrogen-bond acceptors (Lipinski definition) is 2. The third-order valence-corrected chi connectivity index (χ3v) is 2.72. The molecule has 0 aliphatic heterocycles. The van der Waals surface area contributed by atoms with Gasteiger partial charge in [-0.05, 0) is 16.7 Å². The van der Waals surface area contributed by atoms with Crippen LogP contribution in [0, 0.1) is 0 Å². The zero-order valence-corrected chi connectivity index (χ0v) is 9.31. The first-order valence-corrected chi connectivity index (χ1v) is 5.98. The molecule has 2 nitrogen and oxygen atoms in total. The first kappa shape index (κ1) is 10.6. The molecule has 0 radical (unpaired) electrons. The summed E-state index contributed by atoms with van der Waals surface area (Å²) in [6.07, 6.45) is 0. The van der Waals surface area contributed by atoms with Crippen LogP contribution < -0.4 is 0 Å². The Balaban J connectivity index is 2.62. The minimum absolute atomic E-state index is 0.710. The second kappa shape index (κ2) is 4.77. The summed E-state index contributed by atoms with van der Waals surface area (Å²) in [5.74, 6) is 0. The van der Waals surface area contributed by atoms with Crippen molar-refractivity contribution in [1.29, 1.82) is 0 Å². The molecule has 0 spiro atoms. The molecule has 0 heterocycles. The molecule has 3 heteroatoms. The lowest BCUT2D eigenvalue weighted by molar-refractivity contribution is 0.627. The van der Waals surface area contributed by atoms with Crippen molar-refractivity contribution in [3.05, 3.63) is 60.2 Å². The average Bonchev–Trinajstić information content (AvgIpc) is 2.30. The Hall–Kier alpha value is -1.87. The molecule has 0 amide bonds. The molecule has 16 heavy (non-hydrogen) atoms. The summed E-state index contributed by atoms with van der Waals surface area (Å²) in [6, 6.07) is 17.1. The van der Waals surface area contributed by atoms with Crippen molar-refractivity contribution in [2.75, 3.05) is 0 Å². The molecule has 0 aliphatic carbocycles. The van der Waals surface area contributed by atoms with Gasteiger partial charge in [-0.25, -0.2) is 0 Å². The van der Waals surface area contributed by atoms with E-state index in [9.17, 15) is 8.42 Å². The van der Waals surface area contributed by atoms with E-state index in [1.165, 1.54) is 5.37 Å². The van der Waals surface area contributed by atoms with Gasteiger partial charge in [-0.15, -0.1) is 0 Å². The Morgan fingerprint density at radius 1 is 0.812 bits per heavy atom. The van der Waals surface area contributed by atoms with Crippen LogP contribution in [-0.4, -0.2) is 13.8 Å². The van der Waals surface area contributed by atoms with E-state index in [0.29, 0.717) is 5.56 Å². The van der Waals surface area contributed by atoms with Crippen LogP contribution >= 0.6 is 0 Å². The fourth-order valence-corrected chi connectivity index (χ4v) is 2.00. The Morgan fingerprint density at radius 2 is 1.44 bits per heavy atom. The fourth-order valence-electron chi connectivity index (χ4n) is 1.58. The van der Waals surface area contributed by atoms with E-state index < -0.39 is 10.3 Å². The summed E-state index contributed by atoms with van der Waals surface area (Å²) in [7, 11) is -2.18. The Labute approximate surface area is 95.7 Å². The number of rotatable bonds is 2. The van der Waals surface area contributed by atoms with Gasteiger partial charge in [-0.1, -0.05) is 54.6 Å². The van der Waals surface area contributed by atoms with Gasteiger partial charge in [-0.3, -0.25) is 0 Å². The van der Waals surface area contributed by atoms with Crippen LogP contribution in [0.2, 0.25) is 0 Å². The Kier molecular flexibility index (Phi) is 3.17. The standard InChI is InChI=1S/C13H10O2S/c14-16(15)10-12-8-4-5-9-13(12)11-6-2-1-3-7-11/h1-10H. The quantitative estimate of drug-likeness (QED) is 0.742. The minimum atomic E-state index is -2.18. The van der Waals surface area contributed by atoms with Gasteiger partial charge in [0.2, 0.25) is 10.3 Å². The molecule has 2 aromatic carbocycles. The average molecular weight is 230 g/mol. The van der Waals surface area contributed by atoms with Crippen molar-refractivity contribution in [1.82, 2.24) is 0 Å². The maximum atomic E-state index is 10.7. The van der Waals surface area contributed by atoms with Gasteiger partial charge in [0.05, 0.1) is 5.37 Å². The van der Waals surface area contributed by atoms with Crippen molar-refractivity contribution in [2.45, 2.75) is 0 Å². The van der Waals surface area contributed by atoms with Crippen LogP contribution in [0.1, 0.15) is 5.56 Å². The van der Waals surface area contributed by atoms with Gasteiger partial charge >= 0.3 is 0 Å². The zero-order chi connectivity index (χ0) is 11.4. The van der Waals surface area contributed by atoms with Crippen LogP contribution in [0.3, 0.4) is 0 Å². The SMILES string of the molecule is O=S(=O)=Cc1ccccc1-c1ccccc1. The highest BCUT2D eigenvalue weighted by Gasteiger charge is 2.01. The van der Waals surface area contributed by atoms with Gasteiger partial charge in [-0.2, -0.15) is 8.42 Å². The van der Waals surface area contributed by atoms with Gasteiger partial charge in [0.25, 0.3) is 0 Å². The van der Waals surface area contributed by atoms with Crippen LogP contribution in [0.25, 0.3) is 11.1 Å². The second-order valence-electron chi connectivity index (χ2n) is 3.33. The molecule has 2 aromatic rings. The van der Waals surface area contributed by atoms with Gasteiger partial charge in [0.1, 0.15) is 0 Å². The van der Waals surface area contributed by atoms with Gasteiger partial charge in [0.15, 0.2) is 0 Å². The molecule has 0 unspecified atom stereocenters. The molecule has 0 aromatic heterocycles. The monoisotopic (exact) mass is 230 g/mol. The minimum Gasteiger partial charge on any atom is -0.185 e. The molecule has 0 fully saturated rings. The third-order valence-electron chi connectivity index (χ3n) is 2.27. The molecule has 2 rings (SSSR count). The summed E-state index contributed by atoms with van der Waals surface area (Å²) in [6.45, 7) is 0. The zero-order valence-electron chi connectivity index (χ0n) is 8.50. The lowest BCUT2D eigenvalue weighted by Crippen LogP contribution is -1.87. The van der Waals surface area contributed by atoms with Crippen molar-refractivity contribution in [2.24, 2.45) is 0 Å². The molecule has 0 aliphatic rings. The first-order chi connectivity index (χ1) is 7.77. The predicted octanol–water partition coefficient (Wildman–Crippen LogP) is 2.38. The fraction of sp³-hybridized carbons (Fsp3) is 0. The maximum absolute atomic E-state index is 10.7. The molecule has 80 valence electrons. The first-order valence-electron chi connectivity index (χ1n) is 4.85. The van der Waals surface area contributed by atoms with Crippen molar-refractivity contribution in [3.63, 3.8) is 0 Å². The highest BCUT2D eigenvalue weighted by molar-refractivity contribution is 7.71. The van der Waals surface area contributed by atoms with E-state index in [-0.39, 0.29) is 0 Å². The molecule has 0 saturated heterocycles. The molecule has 0 atom stereocenters. The van der Waals surface area contributed by atoms with Crippen molar-refractivity contribution in [3.8, 4) is 11.1 Å². The summed E-state index contributed by atoms with van der Waals surface area (Å²) in [4.78, 5) is 0. The van der Waals surface area contributed by atoms with Crippen molar-refractivity contribution >= 4 is 15.7 Å². The lowest BCUT2D eigenvalue weighted by Gasteiger charge is -2.04.